The minimum atomic E-state index is -2.25. The summed E-state index contributed by atoms with van der Waals surface area (Å²) in [6, 6.07) is -0.990. The number of carboxylic acids is 1. The first kappa shape index (κ1) is 8.54. The molecule has 0 radical (unpaired) electrons. The molecule has 0 rings (SSSR count). The van der Waals surface area contributed by atoms with Gasteiger partial charge in [-0.1, -0.05) is 0 Å². The van der Waals surface area contributed by atoms with E-state index in [1.165, 1.54) is 6.92 Å². The summed E-state index contributed by atoms with van der Waals surface area (Å²) in [6.07, 6.45) is 0. The van der Waals surface area contributed by atoms with Crippen LogP contribution in [0.5, 0.6) is 0 Å². The van der Waals surface area contributed by atoms with E-state index in [0.717, 1.165) is 0 Å². The van der Waals surface area contributed by atoms with Crippen molar-refractivity contribution in [3.63, 3.8) is 0 Å². The first-order chi connectivity index (χ1) is 4.04. The molecule has 9 heavy (non-hydrogen) atoms. The number of rotatable bonds is 3. The predicted molar refractivity (Wildman–Crippen MR) is 31.0 cm³/mol. The summed E-state index contributed by atoms with van der Waals surface area (Å²) in [5.74, 6) is -1.16. The Morgan fingerprint density at radius 1 is 1.78 bits per heavy atom. The molecule has 3 N–H and O–H groups in total. The maximum Gasteiger partial charge on any atom is 0.321 e. The number of hydrogen-bond donors (Lipinski definition) is 3. The molecule has 0 aliphatic rings. The molecule has 0 saturated carbocycles. The SMILES string of the molecule is C[C@@H](NS(=O)O)C(=O)O. The second-order valence-electron chi connectivity index (χ2n) is 1.43. The Labute approximate surface area is 54.5 Å². The highest BCUT2D eigenvalue weighted by Crippen LogP contribution is 1.79. The Bertz CT molecular complexity index is 136. The lowest BCUT2D eigenvalue weighted by molar-refractivity contribution is -0.138. The molecule has 0 aromatic carbocycles. The standard InChI is InChI=1S/C3H7NO4S/c1-2(3(5)6)4-9(7)8/h2,4H,1H3,(H,5,6)(H,7,8)/t2-/m1/s1. The predicted octanol–water partition coefficient (Wildman–Crippen LogP) is -0.814. The fourth-order valence-corrected chi connectivity index (χ4v) is 0.605. The minimum absolute atomic E-state index is 0.990. The van der Waals surface area contributed by atoms with Gasteiger partial charge in [-0.25, -0.2) is 8.93 Å². The highest BCUT2D eigenvalue weighted by molar-refractivity contribution is 7.77. The molecule has 1 unspecified atom stereocenters. The fraction of sp³-hybridized carbons (Fsp3) is 0.667. The van der Waals surface area contributed by atoms with Gasteiger partial charge in [0.2, 0.25) is 11.3 Å². The second-order valence-corrected chi connectivity index (χ2v) is 2.16. The van der Waals surface area contributed by atoms with Gasteiger partial charge in [0.25, 0.3) is 0 Å². The Morgan fingerprint density at radius 2 is 2.22 bits per heavy atom. The van der Waals surface area contributed by atoms with Crippen molar-refractivity contribution in [1.29, 1.82) is 0 Å². The number of carboxylic acid groups (broad SMARTS) is 1. The maximum absolute atomic E-state index is 9.93. The van der Waals surface area contributed by atoms with E-state index in [1.54, 1.807) is 0 Å². The molecule has 0 fully saturated rings. The lowest BCUT2D eigenvalue weighted by Gasteiger charge is -2.01. The Kier molecular flexibility index (Phi) is 3.36. The third-order valence-electron chi connectivity index (χ3n) is 0.648. The third kappa shape index (κ3) is 4.07. The van der Waals surface area contributed by atoms with E-state index >= 15 is 0 Å². The third-order valence-corrected chi connectivity index (χ3v) is 1.20. The van der Waals surface area contributed by atoms with E-state index in [-0.39, 0.29) is 0 Å². The van der Waals surface area contributed by atoms with Gasteiger partial charge >= 0.3 is 5.97 Å². The number of aliphatic carboxylic acids is 1. The topological polar surface area (TPSA) is 86.6 Å². The lowest BCUT2D eigenvalue weighted by Crippen LogP contribution is -2.34. The van der Waals surface area contributed by atoms with Crippen molar-refractivity contribution in [2.45, 2.75) is 13.0 Å². The van der Waals surface area contributed by atoms with Gasteiger partial charge in [0.1, 0.15) is 6.04 Å². The van der Waals surface area contributed by atoms with E-state index in [9.17, 15) is 9.00 Å². The molecule has 54 valence electrons. The second kappa shape index (κ2) is 3.54. The summed E-state index contributed by atoms with van der Waals surface area (Å²) in [6.45, 7) is 1.27. The van der Waals surface area contributed by atoms with E-state index in [2.05, 4.69) is 0 Å². The van der Waals surface area contributed by atoms with Crippen molar-refractivity contribution in [3.05, 3.63) is 0 Å². The number of nitrogens with one attached hydrogen (secondary N) is 1. The van der Waals surface area contributed by atoms with Gasteiger partial charge in [-0.3, -0.25) is 9.35 Å². The maximum atomic E-state index is 9.93. The van der Waals surface area contributed by atoms with E-state index in [0.29, 0.717) is 0 Å². The van der Waals surface area contributed by atoms with Gasteiger partial charge in [-0.2, -0.15) is 0 Å². The molecule has 0 aromatic rings. The van der Waals surface area contributed by atoms with Crippen LogP contribution in [0.25, 0.3) is 0 Å². The van der Waals surface area contributed by atoms with Crippen LogP contribution < -0.4 is 4.72 Å². The van der Waals surface area contributed by atoms with Crippen LogP contribution in [0, 0.1) is 0 Å². The quantitative estimate of drug-likeness (QED) is 0.462. The van der Waals surface area contributed by atoms with Crippen LogP contribution in [0.2, 0.25) is 0 Å². The van der Waals surface area contributed by atoms with E-state index in [4.69, 9.17) is 9.66 Å². The first-order valence-electron chi connectivity index (χ1n) is 2.14. The van der Waals surface area contributed by atoms with Gasteiger partial charge in [0, 0.05) is 0 Å². The van der Waals surface area contributed by atoms with Crippen molar-refractivity contribution < 1.29 is 18.7 Å². The normalized spacial score (nSPS) is 16.7. The van der Waals surface area contributed by atoms with Gasteiger partial charge in [0.15, 0.2) is 0 Å². The molecule has 0 spiro atoms. The van der Waals surface area contributed by atoms with Gasteiger partial charge in [-0.15, -0.1) is 0 Å². The minimum Gasteiger partial charge on any atom is -0.480 e. The van der Waals surface area contributed by atoms with E-state index in [1.807, 2.05) is 4.72 Å². The van der Waals surface area contributed by atoms with Crippen LogP contribution in [-0.2, 0) is 16.1 Å². The first-order valence-corrected chi connectivity index (χ1v) is 3.24. The molecule has 0 bridgehead atoms. The van der Waals surface area contributed by atoms with Crippen LogP contribution in [0.15, 0.2) is 0 Å². The van der Waals surface area contributed by atoms with Crippen LogP contribution in [0.3, 0.4) is 0 Å². The zero-order valence-electron chi connectivity index (χ0n) is 4.70. The molecule has 0 aromatic heterocycles. The van der Waals surface area contributed by atoms with Gasteiger partial charge in [0.05, 0.1) is 0 Å². The highest BCUT2D eigenvalue weighted by Gasteiger charge is 2.10. The Hall–Kier alpha value is -0.460. The molecule has 0 heterocycles. The number of hydrogen-bond acceptors (Lipinski definition) is 2. The number of carbonyl (C=O) groups is 1. The molecular formula is C3H7NO4S. The van der Waals surface area contributed by atoms with Crippen molar-refractivity contribution in [2.75, 3.05) is 0 Å². The van der Waals surface area contributed by atoms with Crippen molar-refractivity contribution in [2.24, 2.45) is 0 Å². The average molecular weight is 153 g/mol. The van der Waals surface area contributed by atoms with Crippen molar-refractivity contribution >= 4 is 17.2 Å². The van der Waals surface area contributed by atoms with Gasteiger partial charge < -0.3 is 5.11 Å². The Morgan fingerprint density at radius 3 is 2.33 bits per heavy atom. The van der Waals surface area contributed by atoms with E-state index < -0.39 is 23.3 Å². The highest BCUT2D eigenvalue weighted by atomic mass is 32.2. The lowest BCUT2D eigenvalue weighted by atomic mass is 10.4. The zero-order chi connectivity index (χ0) is 7.44. The molecule has 6 heteroatoms. The monoisotopic (exact) mass is 153 g/mol. The van der Waals surface area contributed by atoms with Crippen LogP contribution >= 0.6 is 0 Å². The molecule has 5 nitrogen and oxygen atoms in total. The van der Waals surface area contributed by atoms with Crippen molar-refractivity contribution in [1.82, 2.24) is 4.72 Å². The summed E-state index contributed by atoms with van der Waals surface area (Å²) in [5, 5.41) is 8.12. The van der Waals surface area contributed by atoms with Crippen molar-refractivity contribution in [3.8, 4) is 0 Å². The smallest absolute Gasteiger partial charge is 0.321 e. The zero-order valence-corrected chi connectivity index (χ0v) is 5.51. The largest absolute Gasteiger partial charge is 0.480 e. The summed E-state index contributed by atoms with van der Waals surface area (Å²) < 4.78 is 19.8. The molecule has 2 atom stereocenters. The molecule has 0 aliphatic carbocycles. The molecular weight excluding hydrogens is 146 g/mol. The van der Waals surface area contributed by atoms with Crippen LogP contribution in [0.1, 0.15) is 6.92 Å². The average Bonchev–Trinajstić information content (AvgIpc) is 1.63. The van der Waals surface area contributed by atoms with Crippen LogP contribution in [-0.4, -0.2) is 25.9 Å². The summed E-state index contributed by atoms with van der Waals surface area (Å²) in [4.78, 5) is 9.93. The molecule has 0 aliphatic heterocycles. The Balaban J connectivity index is 3.63. The van der Waals surface area contributed by atoms with Gasteiger partial charge in [-0.05, 0) is 6.92 Å². The molecule has 0 saturated heterocycles. The summed E-state index contributed by atoms with van der Waals surface area (Å²) in [5.41, 5.74) is 0. The fourth-order valence-electron chi connectivity index (χ4n) is 0.202. The summed E-state index contributed by atoms with van der Waals surface area (Å²) in [7, 11) is 0. The molecule has 0 amide bonds. The summed E-state index contributed by atoms with van der Waals surface area (Å²) >= 11 is -2.25. The van der Waals surface area contributed by atoms with Crippen LogP contribution in [0.4, 0.5) is 0 Å².